The summed E-state index contributed by atoms with van der Waals surface area (Å²) in [5, 5.41) is 3.63. The molecule has 1 heteroatoms. The lowest BCUT2D eigenvalue weighted by Crippen LogP contribution is -2.21. The summed E-state index contributed by atoms with van der Waals surface area (Å²) in [6, 6.07) is 19.9. The summed E-state index contributed by atoms with van der Waals surface area (Å²) in [4.78, 5) is 0. The molecule has 0 aromatic heterocycles. The Hall–Kier alpha value is -1.60. The van der Waals surface area contributed by atoms with Gasteiger partial charge in [0.2, 0.25) is 0 Å². The van der Waals surface area contributed by atoms with E-state index in [0.717, 1.165) is 6.54 Å². The number of benzene rings is 2. The largest absolute Gasteiger partial charge is 0.310 e. The summed E-state index contributed by atoms with van der Waals surface area (Å²) in [7, 11) is 0. The zero-order valence-electron chi connectivity index (χ0n) is 12.8. The molecular weight excluding hydrogens is 242 g/mol. The maximum absolute atomic E-state index is 3.63. The summed E-state index contributed by atoms with van der Waals surface area (Å²) in [6.07, 6.45) is 1.17. The van der Waals surface area contributed by atoms with Crippen molar-refractivity contribution in [1.82, 2.24) is 5.32 Å². The fourth-order valence-electron chi connectivity index (χ4n) is 2.52. The normalized spacial score (nSPS) is 13.9. The van der Waals surface area contributed by atoms with E-state index in [1.807, 2.05) is 0 Å². The van der Waals surface area contributed by atoms with Gasteiger partial charge in [-0.1, -0.05) is 67.1 Å². The molecule has 0 saturated heterocycles. The van der Waals surface area contributed by atoms with Crippen molar-refractivity contribution in [2.45, 2.75) is 39.2 Å². The molecule has 0 aliphatic carbocycles. The van der Waals surface area contributed by atoms with Crippen LogP contribution < -0.4 is 5.32 Å². The van der Waals surface area contributed by atoms with E-state index in [9.17, 15) is 0 Å². The standard InChI is InChI=1S/C19H25N/c1-15-8-7-11-19(14-15)17(3)20-13-12-16(2)18-9-5-4-6-10-18/h4-11,14,16-17,20H,12-13H2,1-3H3/t16?,17-/m0/s1. The van der Waals surface area contributed by atoms with Crippen molar-refractivity contribution in [2.24, 2.45) is 0 Å². The zero-order chi connectivity index (χ0) is 14.4. The van der Waals surface area contributed by atoms with Gasteiger partial charge in [0.1, 0.15) is 0 Å². The molecule has 0 radical (unpaired) electrons. The summed E-state index contributed by atoms with van der Waals surface area (Å²) in [5.41, 5.74) is 4.13. The van der Waals surface area contributed by atoms with E-state index in [1.54, 1.807) is 0 Å². The Morgan fingerprint density at radius 3 is 2.30 bits per heavy atom. The van der Waals surface area contributed by atoms with Crippen LogP contribution in [0.4, 0.5) is 0 Å². The molecule has 1 nitrogen and oxygen atoms in total. The van der Waals surface area contributed by atoms with Gasteiger partial charge >= 0.3 is 0 Å². The molecule has 106 valence electrons. The minimum atomic E-state index is 0.415. The molecule has 1 unspecified atom stereocenters. The molecule has 0 bridgehead atoms. The first kappa shape index (κ1) is 14.8. The lowest BCUT2D eigenvalue weighted by molar-refractivity contribution is 0.531. The van der Waals surface area contributed by atoms with Crippen molar-refractivity contribution in [1.29, 1.82) is 0 Å². The Morgan fingerprint density at radius 1 is 0.900 bits per heavy atom. The molecule has 2 aromatic rings. The Labute approximate surface area is 123 Å². The molecule has 2 aromatic carbocycles. The Kier molecular flexibility index (Phi) is 5.37. The molecule has 0 aliphatic rings. The topological polar surface area (TPSA) is 12.0 Å². The van der Waals surface area contributed by atoms with Crippen LogP contribution in [0.2, 0.25) is 0 Å². The summed E-state index contributed by atoms with van der Waals surface area (Å²) < 4.78 is 0. The molecule has 20 heavy (non-hydrogen) atoms. The summed E-state index contributed by atoms with van der Waals surface area (Å²) in [5.74, 6) is 0.605. The monoisotopic (exact) mass is 267 g/mol. The second-order valence-electron chi connectivity index (χ2n) is 5.69. The lowest BCUT2D eigenvalue weighted by atomic mass is 9.97. The maximum Gasteiger partial charge on any atom is 0.0291 e. The van der Waals surface area contributed by atoms with Crippen LogP contribution in [0.3, 0.4) is 0 Å². The predicted octanol–water partition coefficient (Wildman–Crippen LogP) is 4.84. The minimum Gasteiger partial charge on any atom is -0.310 e. The maximum atomic E-state index is 3.63. The fourth-order valence-corrected chi connectivity index (χ4v) is 2.52. The van der Waals surface area contributed by atoms with E-state index in [1.165, 1.54) is 23.1 Å². The highest BCUT2D eigenvalue weighted by Crippen LogP contribution is 2.19. The van der Waals surface area contributed by atoms with Crippen LogP contribution in [-0.4, -0.2) is 6.54 Å². The van der Waals surface area contributed by atoms with Crippen molar-refractivity contribution < 1.29 is 0 Å². The van der Waals surface area contributed by atoms with Gasteiger partial charge in [0.15, 0.2) is 0 Å². The second kappa shape index (κ2) is 7.25. The third-order valence-corrected chi connectivity index (χ3v) is 3.94. The molecule has 0 spiro atoms. The van der Waals surface area contributed by atoms with Gasteiger partial charge < -0.3 is 5.32 Å². The Bertz CT molecular complexity index is 518. The van der Waals surface area contributed by atoms with Crippen LogP contribution >= 0.6 is 0 Å². The van der Waals surface area contributed by atoms with E-state index in [-0.39, 0.29) is 0 Å². The first-order valence-corrected chi connectivity index (χ1v) is 7.51. The highest BCUT2D eigenvalue weighted by Gasteiger charge is 2.07. The number of nitrogens with one attached hydrogen (secondary N) is 1. The van der Waals surface area contributed by atoms with Gasteiger partial charge in [-0.3, -0.25) is 0 Å². The zero-order valence-corrected chi connectivity index (χ0v) is 12.8. The molecule has 0 heterocycles. The molecule has 0 aliphatic heterocycles. The van der Waals surface area contributed by atoms with Crippen molar-refractivity contribution >= 4 is 0 Å². The van der Waals surface area contributed by atoms with Gasteiger partial charge in [-0.25, -0.2) is 0 Å². The highest BCUT2D eigenvalue weighted by molar-refractivity contribution is 5.24. The van der Waals surface area contributed by atoms with Crippen LogP contribution in [0, 0.1) is 6.92 Å². The van der Waals surface area contributed by atoms with E-state index >= 15 is 0 Å². The van der Waals surface area contributed by atoms with Gasteiger partial charge in [0.25, 0.3) is 0 Å². The van der Waals surface area contributed by atoms with E-state index in [0.29, 0.717) is 12.0 Å². The van der Waals surface area contributed by atoms with Gasteiger partial charge in [-0.15, -0.1) is 0 Å². The first-order chi connectivity index (χ1) is 9.66. The van der Waals surface area contributed by atoms with Gasteiger partial charge in [-0.05, 0) is 43.9 Å². The molecule has 0 fully saturated rings. The molecule has 1 N–H and O–H groups in total. The highest BCUT2D eigenvalue weighted by atomic mass is 14.9. The smallest absolute Gasteiger partial charge is 0.0291 e. The third-order valence-electron chi connectivity index (χ3n) is 3.94. The molecule has 2 rings (SSSR count). The number of hydrogen-bond acceptors (Lipinski definition) is 1. The second-order valence-corrected chi connectivity index (χ2v) is 5.69. The predicted molar refractivity (Wildman–Crippen MR) is 87.1 cm³/mol. The van der Waals surface area contributed by atoms with Crippen LogP contribution in [0.1, 0.15) is 48.9 Å². The Morgan fingerprint density at radius 2 is 1.60 bits per heavy atom. The van der Waals surface area contributed by atoms with Gasteiger partial charge in [-0.2, -0.15) is 0 Å². The van der Waals surface area contributed by atoms with E-state index in [2.05, 4.69) is 80.7 Å². The van der Waals surface area contributed by atoms with Crippen molar-refractivity contribution in [3.8, 4) is 0 Å². The molecule has 2 atom stereocenters. The van der Waals surface area contributed by atoms with E-state index < -0.39 is 0 Å². The van der Waals surface area contributed by atoms with Gasteiger partial charge in [0, 0.05) is 6.04 Å². The SMILES string of the molecule is Cc1cccc([C@H](C)NCCC(C)c2ccccc2)c1. The Balaban J connectivity index is 1.81. The number of aryl methyl sites for hydroxylation is 1. The lowest BCUT2D eigenvalue weighted by Gasteiger charge is -2.17. The quantitative estimate of drug-likeness (QED) is 0.789. The van der Waals surface area contributed by atoms with Crippen molar-refractivity contribution in [3.05, 3.63) is 71.3 Å². The number of hydrogen-bond donors (Lipinski definition) is 1. The number of rotatable bonds is 6. The third kappa shape index (κ3) is 4.21. The van der Waals surface area contributed by atoms with Crippen LogP contribution in [0.25, 0.3) is 0 Å². The average molecular weight is 267 g/mol. The summed E-state index contributed by atoms with van der Waals surface area (Å²) >= 11 is 0. The van der Waals surface area contributed by atoms with Crippen molar-refractivity contribution in [3.63, 3.8) is 0 Å². The fraction of sp³-hybridized carbons (Fsp3) is 0.368. The van der Waals surface area contributed by atoms with Crippen LogP contribution in [0.5, 0.6) is 0 Å². The average Bonchev–Trinajstić information content (AvgIpc) is 2.48. The molecule has 0 amide bonds. The van der Waals surface area contributed by atoms with Gasteiger partial charge in [0.05, 0.1) is 0 Å². The van der Waals surface area contributed by atoms with E-state index in [4.69, 9.17) is 0 Å². The summed E-state index contributed by atoms with van der Waals surface area (Å²) in [6.45, 7) is 7.73. The van der Waals surface area contributed by atoms with Crippen LogP contribution in [-0.2, 0) is 0 Å². The minimum absolute atomic E-state index is 0.415. The van der Waals surface area contributed by atoms with Crippen LogP contribution in [0.15, 0.2) is 54.6 Å². The molecule has 0 saturated carbocycles. The molecular formula is C19H25N. The van der Waals surface area contributed by atoms with Crippen molar-refractivity contribution in [2.75, 3.05) is 6.54 Å². The first-order valence-electron chi connectivity index (χ1n) is 7.51.